The lowest BCUT2D eigenvalue weighted by Crippen LogP contribution is -2.28. The summed E-state index contributed by atoms with van der Waals surface area (Å²) in [5.41, 5.74) is 9.92. The zero-order chi connectivity index (χ0) is 42.5. The van der Waals surface area contributed by atoms with Gasteiger partial charge < -0.3 is 4.74 Å². The normalized spacial score (nSPS) is 20.4. The van der Waals surface area contributed by atoms with E-state index in [2.05, 4.69) is 113 Å². The monoisotopic (exact) mass is 825 g/mol. The molecular weight excluding hydrogens is 741 g/mol. The van der Waals surface area contributed by atoms with Gasteiger partial charge in [-0.25, -0.2) is 0 Å². The predicted octanol–water partition coefficient (Wildman–Crippen LogP) is 17.6. The molecule has 2 aliphatic rings. The number of aryl methyl sites for hydroxylation is 2. The third-order valence-corrected chi connectivity index (χ3v) is 14.7. The Morgan fingerprint density at radius 3 is 1.15 bits per heavy atom. The van der Waals surface area contributed by atoms with E-state index in [0.29, 0.717) is 11.8 Å². The van der Waals surface area contributed by atoms with Gasteiger partial charge in [0.25, 0.3) is 0 Å². The first-order valence-electron chi connectivity index (χ1n) is 25.8. The minimum Gasteiger partial charge on any atom is -0.365 e. The van der Waals surface area contributed by atoms with Gasteiger partial charge in [0.15, 0.2) is 0 Å². The number of hydrogen-bond acceptors (Lipinski definition) is 3. The number of unbranched alkanes of at least 4 members (excludes halogenated alkanes) is 10. The van der Waals surface area contributed by atoms with E-state index >= 15 is 0 Å². The molecule has 0 spiro atoms. The number of rotatable bonds is 26. The van der Waals surface area contributed by atoms with Crippen molar-refractivity contribution in [1.82, 2.24) is 9.97 Å². The Balaban J connectivity index is 1.24. The van der Waals surface area contributed by atoms with Crippen molar-refractivity contribution in [2.45, 2.75) is 207 Å². The van der Waals surface area contributed by atoms with Crippen LogP contribution >= 0.6 is 0 Å². The Labute approximate surface area is 373 Å². The first-order valence-corrected chi connectivity index (χ1v) is 25.8. The summed E-state index contributed by atoms with van der Waals surface area (Å²) in [6.45, 7) is 9.19. The zero-order valence-corrected chi connectivity index (χ0v) is 39.2. The largest absolute Gasteiger partial charge is 0.365 e. The molecule has 0 radical (unpaired) electrons. The van der Waals surface area contributed by atoms with Gasteiger partial charge in [-0.1, -0.05) is 204 Å². The van der Waals surface area contributed by atoms with Gasteiger partial charge in [-0.15, -0.1) is 0 Å². The van der Waals surface area contributed by atoms with Crippen molar-refractivity contribution in [1.29, 1.82) is 0 Å². The molecule has 332 valence electrons. The molecule has 6 rings (SSSR count). The number of benzene rings is 2. The first kappa shape index (κ1) is 47.2. The smallest absolute Gasteiger partial charge is 0.0861 e. The summed E-state index contributed by atoms with van der Waals surface area (Å²) in [6.07, 6.45) is 38.4. The van der Waals surface area contributed by atoms with Crippen molar-refractivity contribution >= 4 is 0 Å². The topological polar surface area (TPSA) is 35.0 Å². The Hall–Kier alpha value is -3.30. The average molecular weight is 825 g/mol. The van der Waals surface area contributed by atoms with Gasteiger partial charge in [-0.2, -0.15) is 0 Å². The van der Waals surface area contributed by atoms with Crippen LogP contribution in [0.4, 0.5) is 0 Å². The lowest BCUT2D eigenvalue weighted by Gasteiger charge is -2.40. The molecule has 2 aromatic heterocycles. The Morgan fingerprint density at radius 2 is 0.803 bits per heavy atom. The zero-order valence-electron chi connectivity index (χ0n) is 39.2. The molecule has 2 aromatic carbocycles. The van der Waals surface area contributed by atoms with Gasteiger partial charge in [0.2, 0.25) is 0 Å². The van der Waals surface area contributed by atoms with Crippen LogP contribution in [-0.2, 0) is 17.6 Å². The van der Waals surface area contributed by atoms with Crippen molar-refractivity contribution in [3.8, 4) is 22.5 Å². The third kappa shape index (κ3) is 14.9. The van der Waals surface area contributed by atoms with Crippen LogP contribution in [0.5, 0.6) is 0 Å². The van der Waals surface area contributed by atoms with E-state index in [1.165, 1.54) is 187 Å². The molecule has 0 bridgehead atoms. The minimum atomic E-state index is 0.0855. The average Bonchev–Trinajstić information content (AvgIpc) is 3.31. The molecule has 61 heavy (non-hydrogen) atoms. The molecule has 0 N–H and O–H groups in total. The fourth-order valence-electron chi connectivity index (χ4n) is 10.7. The second-order valence-corrected chi connectivity index (χ2v) is 19.5. The van der Waals surface area contributed by atoms with Gasteiger partial charge in [0, 0.05) is 23.5 Å². The van der Waals surface area contributed by atoms with Crippen LogP contribution in [0.25, 0.3) is 22.5 Å². The SMILES string of the molecule is CCCCCC[C@H]1CC[C@H](C(OC(c2ccc(-c3ccc(CCCCC)cn3)cc2)[C@H]2CC[C@H](CCCCCC)CC2)c2ccc(-c3ccc(CCCCC)cn3)cc2)CC1. The Bertz CT molecular complexity index is 1600. The molecule has 3 nitrogen and oxygen atoms in total. The number of pyridine rings is 2. The standard InChI is InChI=1S/C58H84N2O/c1-5-9-13-17-19-45-23-29-51(30-24-45)57(53-37-33-49(34-38-53)55-41-27-47(43-59-55)21-15-11-7-3)61-58(52-31-25-46(26-32-52)20-18-14-10-6-2)54-39-35-50(36-40-54)56-42-28-48(44-60-56)22-16-12-8-4/h27-28,33-46,51-52,57-58H,5-26,29-32H2,1-4H3/t45-,46-,51-,52-,57?,58?. The molecular formula is C58H84N2O. The highest BCUT2D eigenvalue weighted by Gasteiger charge is 2.36. The van der Waals surface area contributed by atoms with E-state index < -0.39 is 0 Å². The lowest BCUT2D eigenvalue weighted by molar-refractivity contribution is -0.0907. The summed E-state index contributed by atoms with van der Waals surface area (Å²) in [7, 11) is 0. The molecule has 2 saturated carbocycles. The number of ether oxygens (including phenoxy) is 1. The van der Waals surface area contributed by atoms with Crippen molar-refractivity contribution < 1.29 is 4.74 Å². The van der Waals surface area contributed by atoms with Gasteiger partial charge in [-0.3, -0.25) is 9.97 Å². The molecule has 0 aliphatic heterocycles. The van der Waals surface area contributed by atoms with E-state index in [1.54, 1.807) is 0 Å². The highest BCUT2D eigenvalue weighted by molar-refractivity contribution is 5.60. The second kappa shape index (κ2) is 26.4. The van der Waals surface area contributed by atoms with Crippen molar-refractivity contribution in [2.24, 2.45) is 23.7 Å². The van der Waals surface area contributed by atoms with E-state index in [4.69, 9.17) is 14.7 Å². The molecule has 2 atom stereocenters. The Kier molecular flexibility index (Phi) is 20.4. The van der Waals surface area contributed by atoms with Crippen LogP contribution in [0.15, 0.2) is 85.2 Å². The predicted molar refractivity (Wildman–Crippen MR) is 261 cm³/mol. The van der Waals surface area contributed by atoms with Gasteiger partial charge in [0.05, 0.1) is 23.6 Å². The summed E-state index contributed by atoms with van der Waals surface area (Å²) in [6, 6.07) is 27.8. The lowest BCUT2D eigenvalue weighted by atomic mass is 9.74. The fraction of sp³-hybridized carbons (Fsp3) is 0.621. The number of nitrogens with zero attached hydrogens (tertiary/aromatic N) is 2. The second-order valence-electron chi connectivity index (χ2n) is 19.5. The minimum absolute atomic E-state index is 0.0855. The Morgan fingerprint density at radius 1 is 0.426 bits per heavy atom. The van der Waals surface area contributed by atoms with Gasteiger partial charge in [0.1, 0.15) is 0 Å². The van der Waals surface area contributed by atoms with E-state index in [-0.39, 0.29) is 12.2 Å². The number of aromatic nitrogens is 2. The van der Waals surface area contributed by atoms with Crippen molar-refractivity contribution in [3.63, 3.8) is 0 Å². The molecule has 3 heteroatoms. The van der Waals surface area contributed by atoms with Crippen LogP contribution in [0.2, 0.25) is 0 Å². The van der Waals surface area contributed by atoms with Crippen molar-refractivity contribution in [2.75, 3.05) is 0 Å². The van der Waals surface area contributed by atoms with Crippen LogP contribution in [-0.4, -0.2) is 9.97 Å². The van der Waals surface area contributed by atoms with E-state index in [0.717, 1.165) is 36.1 Å². The molecule has 0 saturated heterocycles. The molecule has 2 fully saturated rings. The summed E-state index contributed by atoms with van der Waals surface area (Å²) >= 11 is 0. The van der Waals surface area contributed by atoms with Gasteiger partial charge in [-0.05, 0) is 109 Å². The molecule has 2 aliphatic carbocycles. The van der Waals surface area contributed by atoms with Crippen LogP contribution in [0.3, 0.4) is 0 Å². The van der Waals surface area contributed by atoms with Crippen LogP contribution < -0.4 is 0 Å². The molecule has 2 unspecified atom stereocenters. The van der Waals surface area contributed by atoms with E-state index in [1.807, 2.05) is 0 Å². The molecule has 2 heterocycles. The van der Waals surface area contributed by atoms with Crippen LogP contribution in [0.1, 0.15) is 216 Å². The summed E-state index contributed by atoms with van der Waals surface area (Å²) < 4.78 is 7.78. The fourth-order valence-corrected chi connectivity index (χ4v) is 10.7. The maximum absolute atomic E-state index is 7.78. The highest BCUT2D eigenvalue weighted by atomic mass is 16.5. The maximum atomic E-state index is 7.78. The summed E-state index contributed by atoms with van der Waals surface area (Å²) in [4.78, 5) is 9.86. The quantitative estimate of drug-likeness (QED) is 0.0592. The highest BCUT2D eigenvalue weighted by Crippen LogP contribution is 2.47. The molecule has 0 amide bonds. The van der Waals surface area contributed by atoms with Gasteiger partial charge >= 0.3 is 0 Å². The first-order chi connectivity index (χ1) is 30.1. The van der Waals surface area contributed by atoms with Crippen molar-refractivity contribution in [3.05, 3.63) is 107 Å². The summed E-state index contributed by atoms with van der Waals surface area (Å²) in [5.74, 6) is 2.83. The third-order valence-electron chi connectivity index (χ3n) is 14.7. The van der Waals surface area contributed by atoms with Crippen LogP contribution in [0, 0.1) is 23.7 Å². The maximum Gasteiger partial charge on any atom is 0.0861 e. The molecule has 4 aromatic rings. The summed E-state index contributed by atoms with van der Waals surface area (Å²) in [5, 5.41) is 0. The van der Waals surface area contributed by atoms with E-state index in [9.17, 15) is 0 Å². The number of hydrogen-bond donors (Lipinski definition) is 0.